The van der Waals surface area contributed by atoms with Gasteiger partial charge in [-0.25, -0.2) is 8.78 Å². The molecule has 1 aliphatic carbocycles. The number of carbonyl (C=O) groups is 2. The SMILES string of the molecule is CCCN(CCC)C(=O)C1=CC(C)=CC(C(N)=O)([C@H](Cc2cc(F)cc(F)c2)[C@@H](O)CNC(C)(C)c2ccccc2)C1. The van der Waals surface area contributed by atoms with Crippen LogP contribution < -0.4 is 11.1 Å². The average Bonchev–Trinajstić information content (AvgIpc) is 2.93. The molecule has 3 atom stereocenters. The highest BCUT2D eigenvalue weighted by molar-refractivity contribution is 5.97. The Morgan fingerprint density at radius 2 is 1.67 bits per heavy atom. The van der Waals surface area contributed by atoms with Gasteiger partial charge < -0.3 is 21.1 Å². The van der Waals surface area contributed by atoms with Crippen LogP contribution in [0.25, 0.3) is 0 Å². The largest absolute Gasteiger partial charge is 0.391 e. The lowest BCUT2D eigenvalue weighted by molar-refractivity contribution is -0.132. The summed E-state index contributed by atoms with van der Waals surface area (Å²) < 4.78 is 28.5. The van der Waals surface area contributed by atoms with E-state index < -0.39 is 40.5 Å². The van der Waals surface area contributed by atoms with Gasteiger partial charge >= 0.3 is 0 Å². The number of nitrogens with one attached hydrogen (secondary N) is 1. The van der Waals surface area contributed by atoms with Gasteiger partial charge in [0, 0.05) is 42.7 Å². The Labute approximate surface area is 248 Å². The summed E-state index contributed by atoms with van der Waals surface area (Å²) in [6.45, 7) is 11.0. The van der Waals surface area contributed by atoms with Gasteiger partial charge in [0.2, 0.25) is 11.8 Å². The minimum Gasteiger partial charge on any atom is -0.391 e. The van der Waals surface area contributed by atoms with Gasteiger partial charge in [0.25, 0.3) is 0 Å². The zero-order chi connectivity index (χ0) is 31.1. The highest BCUT2D eigenvalue weighted by Gasteiger charge is 2.48. The number of aliphatic hydroxyl groups excluding tert-OH is 1. The van der Waals surface area contributed by atoms with E-state index in [4.69, 9.17) is 5.73 Å². The van der Waals surface area contributed by atoms with Crippen LogP contribution in [0.4, 0.5) is 8.78 Å². The lowest BCUT2D eigenvalue weighted by atomic mass is 9.63. The predicted octanol–water partition coefficient (Wildman–Crippen LogP) is 5.41. The Kier molecular flexibility index (Phi) is 11.2. The van der Waals surface area contributed by atoms with Crippen LogP contribution in [0.2, 0.25) is 0 Å². The second-order valence-corrected chi connectivity index (χ2v) is 12.0. The molecular formula is C34H45F2N3O3. The van der Waals surface area contributed by atoms with E-state index in [1.165, 1.54) is 12.1 Å². The number of allylic oxidation sites excluding steroid dienone is 2. The van der Waals surface area contributed by atoms with Crippen LogP contribution in [-0.4, -0.2) is 47.6 Å². The fourth-order valence-electron chi connectivity index (χ4n) is 6.02. The maximum atomic E-state index is 14.3. The Morgan fingerprint density at radius 3 is 2.21 bits per heavy atom. The lowest BCUT2D eigenvalue weighted by Gasteiger charge is -2.42. The van der Waals surface area contributed by atoms with Crippen LogP contribution >= 0.6 is 0 Å². The molecule has 8 heteroatoms. The van der Waals surface area contributed by atoms with E-state index in [0.29, 0.717) is 24.2 Å². The Balaban J connectivity index is 2.04. The van der Waals surface area contributed by atoms with Crippen molar-refractivity contribution in [2.75, 3.05) is 19.6 Å². The third-order valence-electron chi connectivity index (χ3n) is 8.13. The number of nitrogens with zero attached hydrogens (tertiary/aromatic N) is 1. The molecule has 2 aromatic rings. The first kappa shape index (κ1) is 33.1. The number of rotatable bonds is 14. The molecule has 2 amide bonds. The van der Waals surface area contributed by atoms with Crippen molar-refractivity contribution in [2.45, 2.75) is 71.9 Å². The maximum Gasteiger partial charge on any atom is 0.249 e. The van der Waals surface area contributed by atoms with Crippen molar-refractivity contribution in [3.8, 4) is 0 Å². The van der Waals surface area contributed by atoms with E-state index in [-0.39, 0.29) is 30.9 Å². The van der Waals surface area contributed by atoms with E-state index in [2.05, 4.69) is 5.32 Å². The Morgan fingerprint density at radius 1 is 1.07 bits per heavy atom. The molecule has 0 aliphatic heterocycles. The predicted molar refractivity (Wildman–Crippen MR) is 162 cm³/mol. The number of carbonyl (C=O) groups excluding carboxylic acids is 2. The molecule has 0 fully saturated rings. The number of hydrogen-bond acceptors (Lipinski definition) is 4. The Bertz CT molecular complexity index is 1280. The smallest absolute Gasteiger partial charge is 0.249 e. The van der Waals surface area contributed by atoms with E-state index in [1.54, 1.807) is 24.0 Å². The molecule has 1 unspecified atom stereocenters. The van der Waals surface area contributed by atoms with Crippen LogP contribution in [-0.2, 0) is 21.5 Å². The van der Waals surface area contributed by atoms with E-state index in [9.17, 15) is 23.5 Å². The normalized spacial score (nSPS) is 18.6. The van der Waals surface area contributed by atoms with Crippen molar-refractivity contribution in [1.82, 2.24) is 10.2 Å². The number of hydrogen-bond donors (Lipinski definition) is 3. The summed E-state index contributed by atoms with van der Waals surface area (Å²) in [7, 11) is 0. The zero-order valence-electron chi connectivity index (χ0n) is 25.4. The summed E-state index contributed by atoms with van der Waals surface area (Å²) in [5.74, 6) is -3.29. The fraction of sp³-hybridized carbons (Fsp3) is 0.471. The molecule has 2 aromatic carbocycles. The fourth-order valence-corrected chi connectivity index (χ4v) is 6.02. The molecule has 6 nitrogen and oxygen atoms in total. The van der Waals surface area contributed by atoms with Gasteiger partial charge in [-0.05, 0) is 69.7 Å². The second kappa shape index (κ2) is 14.2. The topological polar surface area (TPSA) is 95.7 Å². The third kappa shape index (κ3) is 7.92. The number of nitrogens with two attached hydrogens (primary N) is 1. The van der Waals surface area contributed by atoms with Crippen LogP contribution in [0.1, 0.15) is 65.0 Å². The molecule has 0 saturated carbocycles. The van der Waals surface area contributed by atoms with Crippen LogP contribution in [0.15, 0.2) is 71.8 Å². The minimum atomic E-state index is -1.48. The molecule has 0 radical (unpaired) electrons. The van der Waals surface area contributed by atoms with Crippen molar-refractivity contribution < 1.29 is 23.5 Å². The minimum absolute atomic E-state index is 0.0238. The van der Waals surface area contributed by atoms with E-state index >= 15 is 0 Å². The number of primary amides is 1. The van der Waals surface area contributed by atoms with E-state index in [1.807, 2.05) is 58.0 Å². The van der Waals surface area contributed by atoms with Gasteiger partial charge in [-0.3, -0.25) is 9.59 Å². The van der Waals surface area contributed by atoms with Gasteiger partial charge in [0.15, 0.2) is 0 Å². The molecule has 0 spiro atoms. The summed E-state index contributed by atoms with van der Waals surface area (Å²) >= 11 is 0. The molecule has 228 valence electrons. The molecule has 4 N–H and O–H groups in total. The standard InChI is InChI=1S/C34H45F2N3O3/c1-6-13-39(14-7-2)31(41)25-15-23(3)20-34(21-25,32(37)42)29(18-24-16-27(35)19-28(36)17-24)30(40)22-38-33(4,5)26-11-9-8-10-12-26/h8-12,15-17,19-20,29-30,38,40H,6-7,13-14,18,21-22H2,1-5H3,(H2,37,42)/t29-,30+,34?/m1/s1. The molecule has 0 bridgehead atoms. The van der Waals surface area contributed by atoms with Crippen LogP contribution in [0.3, 0.4) is 0 Å². The molecule has 1 aliphatic rings. The molecule has 42 heavy (non-hydrogen) atoms. The molecule has 3 rings (SSSR count). The molecular weight excluding hydrogens is 536 g/mol. The van der Waals surface area contributed by atoms with Crippen LogP contribution in [0, 0.1) is 23.0 Å². The molecule has 0 aromatic heterocycles. The second-order valence-electron chi connectivity index (χ2n) is 12.0. The quantitative estimate of drug-likeness (QED) is 0.278. The summed E-state index contributed by atoms with van der Waals surface area (Å²) in [6.07, 6.45) is 3.82. The van der Waals surface area contributed by atoms with Crippen molar-refractivity contribution in [3.63, 3.8) is 0 Å². The van der Waals surface area contributed by atoms with Gasteiger partial charge in [-0.15, -0.1) is 0 Å². The number of amides is 2. The number of halogens is 2. The van der Waals surface area contributed by atoms with Crippen molar-refractivity contribution in [3.05, 3.63) is 94.6 Å². The summed E-state index contributed by atoms with van der Waals surface area (Å²) in [5.41, 5.74) is 6.50. The van der Waals surface area contributed by atoms with Crippen molar-refractivity contribution in [2.24, 2.45) is 17.1 Å². The summed E-state index contributed by atoms with van der Waals surface area (Å²) in [4.78, 5) is 28.9. The number of benzene rings is 2. The highest BCUT2D eigenvalue weighted by atomic mass is 19.1. The molecule has 0 heterocycles. The number of aliphatic hydroxyl groups is 1. The summed E-state index contributed by atoms with van der Waals surface area (Å²) in [5, 5.41) is 15.2. The third-order valence-corrected chi connectivity index (χ3v) is 8.13. The summed E-state index contributed by atoms with van der Waals surface area (Å²) in [6, 6.07) is 12.9. The first-order valence-electron chi connectivity index (χ1n) is 14.8. The first-order chi connectivity index (χ1) is 19.8. The van der Waals surface area contributed by atoms with Gasteiger partial charge in [0.1, 0.15) is 11.6 Å². The lowest BCUT2D eigenvalue weighted by Crippen LogP contribution is -2.53. The van der Waals surface area contributed by atoms with E-state index in [0.717, 1.165) is 24.5 Å². The zero-order valence-corrected chi connectivity index (χ0v) is 25.4. The van der Waals surface area contributed by atoms with Crippen LogP contribution in [0.5, 0.6) is 0 Å². The monoisotopic (exact) mass is 581 g/mol. The van der Waals surface area contributed by atoms with Crippen molar-refractivity contribution >= 4 is 11.8 Å². The highest BCUT2D eigenvalue weighted by Crippen LogP contribution is 2.44. The van der Waals surface area contributed by atoms with Gasteiger partial charge in [0.05, 0.1) is 11.5 Å². The van der Waals surface area contributed by atoms with Gasteiger partial charge in [-0.2, -0.15) is 0 Å². The van der Waals surface area contributed by atoms with Crippen molar-refractivity contribution in [1.29, 1.82) is 0 Å². The van der Waals surface area contributed by atoms with Gasteiger partial charge in [-0.1, -0.05) is 61.9 Å². The Hall–Kier alpha value is -3.36. The maximum absolute atomic E-state index is 14.3. The molecule has 0 saturated heterocycles. The first-order valence-corrected chi connectivity index (χ1v) is 14.8. The average molecular weight is 582 g/mol.